The van der Waals surface area contributed by atoms with E-state index in [1.807, 2.05) is 0 Å². The van der Waals surface area contributed by atoms with Crippen LogP contribution in [-0.4, -0.2) is 63.0 Å². The average Bonchev–Trinajstić information content (AvgIpc) is 2.67. The molecule has 5 nitrogen and oxygen atoms in total. The van der Waals surface area contributed by atoms with Gasteiger partial charge in [0.05, 0.1) is 12.0 Å². The second-order valence-electron chi connectivity index (χ2n) is 2.98. The van der Waals surface area contributed by atoms with Crippen LogP contribution in [0.2, 0.25) is 0 Å². The molecule has 0 radical (unpaired) electrons. The lowest BCUT2D eigenvalue weighted by atomic mass is 10.1. The second kappa shape index (κ2) is 5.14. The van der Waals surface area contributed by atoms with Gasteiger partial charge in [0, 0.05) is 12.3 Å². The van der Waals surface area contributed by atoms with Crippen LogP contribution in [0.25, 0.3) is 0 Å². The highest BCUT2D eigenvalue weighted by Crippen LogP contribution is 2.20. The highest BCUT2D eigenvalue weighted by Gasteiger charge is 2.32. The van der Waals surface area contributed by atoms with Crippen molar-refractivity contribution >= 4 is 11.8 Å². The fourth-order valence-electron chi connectivity index (χ4n) is 1.18. The smallest absolute Gasteiger partial charge is 0.110 e. The first-order valence-electron chi connectivity index (χ1n) is 4.17. The fraction of sp³-hybridized carbons (Fsp3) is 1.00. The van der Waals surface area contributed by atoms with Gasteiger partial charge in [-0.2, -0.15) is 0 Å². The number of hydrogen-bond acceptors (Lipinski definition) is 6. The lowest BCUT2D eigenvalue weighted by molar-refractivity contribution is -0.0777. The van der Waals surface area contributed by atoms with Gasteiger partial charge in [0.25, 0.3) is 0 Å². The lowest BCUT2D eigenvalue weighted by Gasteiger charge is -2.25. The Morgan fingerprint density at radius 2 is 2.08 bits per heavy atom. The molecule has 1 fully saturated rings. The van der Waals surface area contributed by atoms with Crippen molar-refractivity contribution in [3.8, 4) is 0 Å². The molecule has 78 valence electrons. The predicted molar refractivity (Wildman–Crippen MR) is 49.4 cm³/mol. The first-order chi connectivity index (χ1) is 6.16. The molecule has 4 atom stereocenters. The summed E-state index contributed by atoms with van der Waals surface area (Å²) in [4.78, 5) is 0. The Labute approximate surface area is 80.8 Å². The summed E-state index contributed by atoms with van der Waals surface area (Å²) in [6.45, 7) is 0.240. The highest BCUT2D eigenvalue weighted by atomic mass is 32.2. The molecular weight excluding hydrogens is 194 g/mol. The minimum Gasteiger partial charge on any atom is -0.394 e. The van der Waals surface area contributed by atoms with Crippen molar-refractivity contribution in [2.24, 2.45) is 0 Å². The number of aliphatic hydroxyl groups is 4. The number of hydrogen-bond donors (Lipinski definition) is 5. The van der Waals surface area contributed by atoms with E-state index in [-0.39, 0.29) is 5.37 Å². The van der Waals surface area contributed by atoms with Crippen LogP contribution in [0.4, 0.5) is 0 Å². The minimum absolute atomic E-state index is 0.254. The molecule has 0 aliphatic carbocycles. The molecule has 1 heterocycles. The van der Waals surface area contributed by atoms with Gasteiger partial charge in [-0.1, -0.05) is 0 Å². The van der Waals surface area contributed by atoms with Gasteiger partial charge in [-0.05, 0) is 0 Å². The summed E-state index contributed by atoms with van der Waals surface area (Å²) in [7, 11) is 0. The third-order valence-corrected chi connectivity index (χ3v) is 3.23. The topological polar surface area (TPSA) is 93.0 Å². The molecule has 0 saturated carbocycles. The highest BCUT2D eigenvalue weighted by molar-refractivity contribution is 8.00. The number of thioether (sulfide) groups is 1. The minimum atomic E-state index is -1.30. The van der Waals surface area contributed by atoms with Crippen LogP contribution >= 0.6 is 11.8 Å². The van der Waals surface area contributed by atoms with Crippen LogP contribution in [0.3, 0.4) is 0 Å². The zero-order chi connectivity index (χ0) is 9.84. The van der Waals surface area contributed by atoms with E-state index < -0.39 is 24.9 Å². The first-order valence-corrected chi connectivity index (χ1v) is 5.21. The third kappa shape index (κ3) is 2.80. The monoisotopic (exact) mass is 209 g/mol. The summed E-state index contributed by atoms with van der Waals surface area (Å²) in [5.41, 5.74) is 0. The molecule has 1 rings (SSSR count). The van der Waals surface area contributed by atoms with E-state index in [0.717, 1.165) is 12.3 Å². The van der Waals surface area contributed by atoms with Crippen molar-refractivity contribution in [3.63, 3.8) is 0 Å². The summed E-state index contributed by atoms with van der Waals surface area (Å²) in [6.07, 6.45) is -3.62. The van der Waals surface area contributed by atoms with E-state index >= 15 is 0 Å². The number of nitrogens with one attached hydrogen (secondary N) is 1. The summed E-state index contributed by atoms with van der Waals surface area (Å²) in [5, 5.41) is 39.2. The van der Waals surface area contributed by atoms with Gasteiger partial charge < -0.3 is 25.7 Å². The fourth-order valence-corrected chi connectivity index (χ4v) is 2.26. The zero-order valence-electron chi connectivity index (χ0n) is 7.13. The van der Waals surface area contributed by atoms with Gasteiger partial charge in [0.15, 0.2) is 0 Å². The molecule has 0 aromatic heterocycles. The van der Waals surface area contributed by atoms with Crippen LogP contribution in [0.5, 0.6) is 0 Å². The molecule has 5 N–H and O–H groups in total. The van der Waals surface area contributed by atoms with Crippen LogP contribution in [0.1, 0.15) is 0 Å². The quantitative estimate of drug-likeness (QED) is 0.358. The maximum atomic E-state index is 9.51. The van der Waals surface area contributed by atoms with E-state index in [2.05, 4.69) is 5.32 Å². The lowest BCUT2D eigenvalue weighted by Crippen LogP contribution is -2.47. The van der Waals surface area contributed by atoms with Gasteiger partial charge in [-0.25, -0.2) is 0 Å². The Hall–Kier alpha value is 0.150. The van der Waals surface area contributed by atoms with Crippen molar-refractivity contribution in [2.45, 2.75) is 23.7 Å². The van der Waals surface area contributed by atoms with Gasteiger partial charge >= 0.3 is 0 Å². The Bertz CT molecular complexity index is 153. The summed E-state index contributed by atoms with van der Waals surface area (Å²) in [6, 6.07) is 0. The molecule has 0 bridgehead atoms. The van der Waals surface area contributed by atoms with Crippen molar-refractivity contribution in [1.82, 2.24) is 5.32 Å². The summed E-state index contributed by atoms with van der Waals surface area (Å²) >= 11 is 1.49. The molecule has 0 spiro atoms. The molecule has 1 saturated heterocycles. The first kappa shape index (κ1) is 11.2. The molecule has 1 aliphatic heterocycles. The van der Waals surface area contributed by atoms with E-state index in [9.17, 15) is 10.2 Å². The normalized spacial score (nSPS) is 30.0. The van der Waals surface area contributed by atoms with Crippen molar-refractivity contribution in [1.29, 1.82) is 0 Å². The van der Waals surface area contributed by atoms with Crippen LogP contribution in [0.15, 0.2) is 0 Å². The molecule has 6 heteroatoms. The van der Waals surface area contributed by atoms with Gasteiger partial charge in [0.2, 0.25) is 0 Å². The zero-order valence-corrected chi connectivity index (χ0v) is 7.94. The summed E-state index contributed by atoms with van der Waals surface area (Å²) < 4.78 is 0. The largest absolute Gasteiger partial charge is 0.394 e. The molecule has 0 aromatic rings. The van der Waals surface area contributed by atoms with E-state index in [0.29, 0.717) is 0 Å². The Morgan fingerprint density at radius 1 is 1.38 bits per heavy atom. The maximum Gasteiger partial charge on any atom is 0.110 e. The van der Waals surface area contributed by atoms with E-state index in [1.165, 1.54) is 11.8 Å². The van der Waals surface area contributed by atoms with Crippen LogP contribution in [-0.2, 0) is 0 Å². The predicted octanol–water partition coefficient (Wildman–Crippen LogP) is -2.28. The van der Waals surface area contributed by atoms with E-state index in [1.54, 1.807) is 0 Å². The standard InChI is InChI=1S/C7H15NO4S/c9-3-4(10)5(11)6(12)7-8-1-2-13-7/h4-12H,1-3H2/t4-,5-,6-,7?/m1/s1. The molecular formula is C7H15NO4S. The molecule has 13 heavy (non-hydrogen) atoms. The molecule has 0 aromatic carbocycles. The van der Waals surface area contributed by atoms with Crippen molar-refractivity contribution in [3.05, 3.63) is 0 Å². The van der Waals surface area contributed by atoms with Gasteiger partial charge in [-0.3, -0.25) is 0 Å². The number of rotatable bonds is 4. The Kier molecular flexibility index (Phi) is 4.43. The van der Waals surface area contributed by atoms with E-state index in [4.69, 9.17) is 10.2 Å². The third-order valence-electron chi connectivity index (χ3n) is 1.99. The summed E-state index contributed by atoms with van der Waals surface area (Å²) in [5.74, 6) is 0.879. The van der Waals surface area contributed by atoms with Crippen LogP contribution < -0.4 is 5.32 Å². The number of aliphatic hydroxyl groups excluding tert-OH is 4. The van der Waals surface area contributed by atoms with Crippen molar-refractivity contribution in [2.75, 3.05) is 18.9 Å². The molecule has 0 amide bonds. The van der Waals surface area contributed by atoms with Crippen LogP contribution in [0, 0.1) is 0 Å². The SMILES string of the molecule is OC[C@@H](O)[C@@H](O)[C@@H](O)C1NCCS1. The maximum absolute atomic E-state index is 9.51. The Balaban J connectivity index is 2.40. The van der Waals surface area contributed by atoms with Gasteiger partial charge in [0.1, 0.15) is 18.3 Å². The van der Waals surface area contributed by atoms with Crippen molar-refractivity contribution < 1.29 is 20.4 Å². The molecule has 1 unspecified atom stereocenters. The Morgan fingerprint density at radius 3 is 2.54 bits per heavy atom. The molecule has 1 aliphatic rings. The average molecular weight is 209 g/mol. The second-order valence-corrected chi connectivity index (χ2v) is 4.23. The van der Waals surface area contributed by atoms with Gasteiger partial charge in [-0.15, -0.1) is 11.8 Å².